The lowest BCUT2D eigenvalue weighted by molar-refractivity contribution is -0.123. The molecule has 2 heterocycles. The van der Waals surface area contributed by atoms with Crippen LogP contribution in [-0.4, -0.2) is 29.0 Å². The number of rotatable bonds is 5. The van der Waals surface area contributed by atoms with Crippen LogP contribution in [0.15, 0.2) is 72.3 Å². The number of barbiturate groups is 1. The van der Waals surface area contributed by atoms with Crippen molar-refractivity contribution in [2.75, 3.05) is 6.61 Å². The smallest absolute Gasteiger partial charge is 0.328 e. The van der Waals surface area contributed by atoms with E-state index in [4.69, 9.17) is 4.74 Å². The Hall–Kier alpha value is -4.39. The van der Waals surface area contributed by atoms with Gasteiger partial charge < -0.3 is 9.30 Å². The summed E-state index contributed by atoms with van der Waals surface area (Å²) in [4.78, 5) is 35.8. The maximum atomic E-state index is 12.2. The van der Waals surface area contributed by atoms with Crippen LogP contribution in [-0.2, 0) is 16.1 Å². The molecule has 1 aliphatic rings. The molecular weight excluding hydrogens is 418 g/mol. The molecule has 1 saturated heterocycles. The van der Waals surface area contributed by atoms with Crippen LogP contribution in [0.3, 0.4) is 0 Å². The van der Waals surface area contributed by atoms with Crippen LogP contribution >= 0.6 is 0 Å². The van der Waals surface area contributed by atoms with E-state index in [-0.39, 0.29) is 5.57 Å². The molecule has 1 aliphatic heterocycles. The summed E-state index contributed by atoms with van der Waals surface area (Å²) in [5.74, 6) is -0.594. The third-order valence-electron chi connectivity index (χ3n) is 5.83. The van der Waals surface area contributed by atoms with Gasteiger partial charge in [0.2, 0.25) is 0 Å². The Morgan fingerprint density at radius 2 is 1.52 bits per heavy atom. The van der Waals surface area contributed by atoms with Crippen LogP contribution in [0.4, 0.5) is 4.79 Å². The number of aromatic nitrogens is 1. The van der Waals surface area contributed by atoms with Gasteiger partial charge in [-0.15, -0.1) is 0 Å². The molecule has 1 aromatic heterocycles. The van der Waals surface area contributed by atoms with Crippen LogP contribution in [0.1, 0.15) is 11.3 Å². The monoisotopic (exact) mass is 439 g/mol. The highest BCUT2D eigenvalue weighted by Crippen LogP contribution is 2.29. The molecule has 0 unspecified atom stereocenters. The van der Waals surface area contributed by atoms with E-state index in [2.05, 4.69) is 27.3 Å². The van der Waals surface area contributed by atoms with Crippen LogP contribution in [0.25, 0.3) is 27.8 Å². The molecule has 7 nitrogen and oxygen atoms in total. The number of hydrogen-bond donors (Lipinski definition) is 2. The molecule has 33 heavy (non-hydrogen) atoms. The summed E-state index contributed by atoms with van der Waals surface area (Å²) in [7, 11) is 0. The highest BCUT2D eigenvalue weighted by molar-refractivity contribution is 6.31. The molecule has 0 atom stereocenters. The minimum Gasteiger partial charge on any atom is -0.491 e. The Bertz CT molecular complexity index is 1440. The van der Waals surface area contributed by atoms with Crippen LogP contribution in [0, 0.1) is 6.92 Å². The van der Waals surface area contributed by atoms with Gasteiger partial charge >= 0.3 is 6.03 Å². The van der Waals surface area contributed by atoms with Gasteiger partial charge in [-0.05, 0) is 30.5 Å². The van der Waals surface area contributed by atoms with Crippen LogP contribution in [0.5, 0.6) is 5.75 Å². The van der Waals surface area contributed by atoms with Crippen molar-refractivity contribution in [3.63, 3.8) is 0 Å². The Labute approximate surface area is 189 Å². The average molecular weight is 439 g/mol. The highest BCUT2D eigenvalue weighted by Gasteiger charge is 2.28. The standard InChI is InChI=1S/C26H21N3O4/c1-16-20(15-21-24(30)27-26(32)28-25(21)31)19-10-4-5-11-22(19)29(16)13-14-33-23-12-6-8-17-7-2-3-9-18(17)23/h2-12,15H,13-14H2,1H3,(H2,27,28,30,31,32). The summed E-state index contributed by atoms with van der Waals surface area (Å²) in [6, 6.07) is 21.0. The second kappa shape index (κ2) is 8.27. The maximum Gasteiger partial charge on any atom is 0.328 e. The zero-order chi connectivity index (χ0) is 22.9. The second-order valence-electron chi connectivity index (χ2n) is 7.79. The summed E-state index contributed by atoms with van der Waals surface area (Å²) < 4.78 is 8.24. The molecule has 1 fully saturated rings. The fraction of sp³-hybridized carbons (Fsp3) is 0.115. The van der Waals surface area contributed by atoms with Gasteiger partial charge in [0.15, 0.2) is 0 Å². The lowest BCUT2D eigenvalue weighted by Gasteiger charge is -2.14. The number of hydrogen-bond acceptors (Lipinski definition) is 4. The van der Waals surface area contributed by atoms with E-state index in [9.17, 15) is 14.4 Å². The summed E-state index contributed by atoms with van der Waals surface area (Å²) in [5, 5.41) is 7.32. The minimum absolute atomic E-state index is 0.104. The number of para-hydroxylation sites is 1. The van der Waals surface area contributed by atoms with Gasteiger partial charge in [-0.3, -0.25) is 20.2 Å². The molecular formula is C26H21N3O4. The number of carbonyl (C=O) groups excluding carboxylic acids is 3. The molecule has 0 saturated carbocycles. The SMILES string of the molecule is Cc1c(C=C2C(=O)NC(=O)NC2=O)c2ccccc2n1CCOc1cccc2ccccc12. The first kappa shape index (κ1) is 20.5. The quantitative estimate of drug-likeness (QED) is 0.364. The Kier molecular flexibility index (Phi) is 5.14. The van der Waals surface area contributed by atoms with Gasteiger partial charge in [0, 0.05) is 27.5 Å². The molecule has 7 heteroatoms. The van der Waals surface area contributed by atoms with E-state index >= 15 is 0 Å². The van der Waals surface area contributed by atoms with E-state index in [0.29, 0.717) is 13.2 Å². The van der Waals surface area contributed by atoms with Gasteiger partial charge in [-0.1, -0.05) is 54.6 Å². The Balaban J connectivity index is 1.46. The summed E-state index contributed by atoms with van der Waals surface area (Å²) in [6.45, 7) is 2.96. The molecule has 0 bridgehead atoms. The van der Waals surface area contributed by atoms with Crippen LogP contribution < -0.4 is 15.4 Å². The number of nitrogens with zero attached hydrogens (tertiary/aromatic N) is 1. The van der Waals surface area contributed by atoms with Crippen molar-refractivity contribution >= 4 is 45.6 Å². The van der Waals surface area contributed by atoms with Gasteiger partial charge in [0.25, 0.3) is 11.8 Å². The van der Waals surface area contributed by atoms with Crippen molar-refractivity contribution < 1.29 is 19.1 Å². The first-order chi connectivity index (χ1) is 16.0. The molecule has 0 aliphatic carbocycles. The summed E-state index contributed by atoms with van der Waals surface area (Å²) >= 11 is 0. The third-order valence-corrected chi connectivity index (χ3v) is 5.83. The predicted molar refractivity (Wildman–Crippen MR) is 126 cm³/mol. The van der Waals surface area contributed by atoms with E-state index in [1.807, 2.05) is 61.5 Å². The van der Waals surface area contributed by atoms with Crippen molar-refractivity contribution in [1.82, 2.24) is 15.2 Å². The predicted octanol–water partition coefficient (Wildman–Crippen LogP) is 3.93. The highest BCUT2D eigenvalue weighted by atomic mass is 16.5. The minimum atomic E-state index is -0.813. The Morgan fingerprint density at radius 3 is 2.30 bits per heavy atom. The van der Waals surface area contributed by atoms with Crippen molar-refractivity contribution in [3.8, 4) is 5.75 Å². The number of fused-ring (bicyclic) bond motifs is 2. The number of urea groups is 1. The fourth-order valence-corrected chi connectivity index (χ4v) is 4.25. The molecule has 4 aromatic rings. The normalized spacial score (nSPS) is 13.8. The van der Waals surface area contributed by atoms with Crippen LogP contribution in [0.2, 0.25) is 0 Å². The largest absolute Gasteiger partial charge is 0.491 e. The van der Waals surface area contributed by atoms with Crippen molar-refractivity contribution in [2.45, 2.75) is 13.5 Å². The zero-order valence-corrected chi connectivity index (χ0v) is 17.9. The number of ether oxygens (including phenoxy) is 1. The van der Waals surface area contributed by atoms with Gasteiger partial charge in [0.05, 0.1) is 6.54 Å². The lowest BCUT2D eigenvalue weighted by atomic mass is 10.1. The number of amides is 4. The van der Waals surface area contributed by atoms with E-state index < -0.39 is 17.8 Å². The third kappa shape index (κ3) is 3.74. The van der Waals surface area contributed by atoms with Crippen molar-refractivity contribution in [2.24, 2.45) is 0 Å². The molecule has 4 amide bonds. The first-order valence-corrected chi connectivity index (χ1v) is 10.6. The van der Waals surface area contributed by atoms with Gasteiger partial charge in [-0.25, -0.2) is 4.79 Å². The van der Waals surface area contributed by atoms with Crippen molar-refractivity contribution in [3.05, 3.63) is 83.6 Å². The van der Waals surface area contributed by atoms with Gasteiger partial charge in [0.1, 0.15) is 17.9 Å². The van der Waals surface area contributed by atoms with E-state index in [1.165, 1.54) is 6.08 Å². The number of benzene rings is 3. The first-order valence-electron chi connectivity index (χ1n) is 10.6. The lowest BCUT2D eigenvalue weighted by Crippen LogP contribution is -2.51. The second-order valence-corrected chi connectivity index (χ2v) is 7.79. The molecule has 3 aromatic carbocycles. The molecule has 0 radical (unpaired) electrons. The number of nitrogens with one attached hydrogen (secondary N) is 2. The molecule has 2 N–H and O–H groups in total. The topological polar surface area (TPSA) is 89.4 Å². The van der Waals surface area contributed by atoms with E-state index in [1.54, 1.807) is 0 Å². The summed E-state index contributed by atoms with van der Waals surface area (Å²) in [6.07, 6.45) is 1.54. The fourth-order valence-electron chi connectivity index (χ4n) is 4.25. The molecule has 5 rings (SSSR count). The molecule has 164 valence electrons. The van der Waals surface area contributed by atoms with E-state index in [0.717, 1.165) is 38.7 Å². The average Bonchev–Trinajstić information content (AvgIpc) is 3.07. The summed E-state index contributed by atoms with van der Waals surface area (Å²) in [5.41, 5.74) is 2.51. The van der Waals surface area contributed by atoms with Gasteiger partial charge in [-0.2, -0.15) is 0 Å². The Morgan fingerprint density at radius 1 is 0.848 bits per heavy atom. The number of imide groups is 2. The molecule has 0 spiro atoms. The maximum absolute atomic E-state index is 12.2. The van der Waals surface area contributed by atoms with Crippen molar-refractivity contribution in [1.29, 1.82) is 0 Å². The number of carbonyl (C=O) groups is 3. The zero-order valence-electron chi connectivity index (χ0n) is 17.9.